The Bertz CT molecular complexity index is 102. The summed E-state index contributed by atoms with van der Waals surface area (Å²) in [5.74, 6) is 2.78. The van der Waals surface area contributed by atoms with Gasteiger partial charge in [0.1, 0.15) is 0 Å². The third kappa shape index (κ3) is 0.632. The summed E-state index contributed by atoms with van der Waals surface area (Å²) in [5.41, 5.74) is 0.292. The fourth-order valence-electron chi connectivity index (χ4n) is 0.851. The van der Waals surface area contributed by atoms with Crippen LogP contribution in [0, 0.1) is 17.8 Å². The summed E-state index contributed by atoms with van der Waals surface area (Å²) in [6, 6.07) is 0. The van der Waals surface area contributed by atoms with Crippen molar-refractivity contribution in [3.05, 3.63) is 0 Å². The number of hydrogen-bond acceptors (Lipinski definition) is 0. The minimum atomic E-state index is 0.292. The highest BCUT2D eigenvalue weighted by Gasteiger charge is 2.28. The van der Waals surface area contributed by atoms with E-state index in [0.29, 0.717) is 5.41 Å². The molecular weight excluding hydrogens is 84.1 g/mol. The summed E-state index contributed by atoms with van der Waals surface area (Å²) < 4.78 is 0. The van der Waals surface area contributed by atoms with Crippen molar-refractivity contribution in [2.45, 2.75) is 26.2 Å². The summed E-state index contributed by atoms with van der Waals surface area (Å²) in [6.45, 7) is 2.15. The van der Waals surface area contributed by atoms with Crippen LogP contribution in [-0.2, 0) is 0 Å². The molecule has 0 nitrogen and oxygen atoms in total. The van der Waals surface area contributed by atoms with Crippen LogP contribution in [0.25, 0.3) is 0 Å². The lowest BCUT2D eigenvalue weighted by Gasteiger charge is -2.32. The summed E-state index contributed by atoms with van der Waals surface area (Å²) in [6.07, 6.45) is 9.03. The molecule has 0 N–H and O–H groups in total. The van der Waals surface area contributed by atoms with Gasteiger partial charge in [0.25, 0.3) is 0 Å². The predicted molar refractivity (Wildman–Crippen MR) is 30.8 cm³/mol. The molecule has 0 heteroatoms. The lowest BCUT2D eigenvalue weighted by Crippen LogP contribution is -2.22. The van der Waals surface area contributed by atoms with Gasteiger partial charge < -0.3 is 0 Å². The monoisotopic (exact) mass is 94.1 g/mol. The number of hydrogen-bond donors (Lipinski definition) is 0. The molecule has 0 aromatic rings. The fourth-order valence-corrected chi connectivity index (χ4v) is 0.851. The summed E-state index contributed by atoms with van der Waals surface area (Å²) in [4.78, 5) is 0. The molecular formula is C7H10. The lowest BCUT2D eigenvalue weighted by atomic mass is 9.71. The van der Waals surface area contributed by atoms with Crippen molar-refractivity contribution >= 4 is 0 Å². The van der Waals surface area contributed by atoms with Crippen LogP contribution in [0.4, 0.5) is 0 Å². The zero-order chi connectivity index (χ0) is 5.33. The Balaban J connectivity index is 2.48. The minimum absolute atomic E-state index is 0.292. The molecule has 0 saturated heterocycles. The second-order valence-electron chi connectivity index (χ2n) is 2.56. The van der Waals surface area contributed by atoms with E-state index in [2.05, 4.69) is 12.8 Å². The quantitative estimate of drug-likeness (QED) is 0.401. The summed E-state index contributed by atoms with van der Waals surface area (Å²) in [5, 5.41) is 0. The minimum Gasteiger partial charge on any atom is -0.120 e. The maximum absolute atomic E-state index is 5.22. The summed E-state index contributed by atoms with van der Waals surface area (Å²) in [7, 11) is 0. The van der Waals surface area contributed by atoms with Gasteiger partial charge in [-0.2, -0.15) is 0 Å². The molecule has 1 aliphatic rings. The second-order valence-corrected chi connectivity index (χ2v) is 2.56. The fraction of sp³-hybridized carbons (Fsp3) is 0.714. The standard InChI is InChI=1S/C7H10/c1-3-7(2)5-4-6-7/h1H,4-6H2,2H3. The van der Waals surface area contributed by atoms with Crippen LogP contribution in [0.15, 0.2) is 0 Å². The van der Waals surface area contributed by atoms with E-state index in [9.17, 15) is 0 Å². The van der Waals surface area contributed by atoms with Crippen LogP contribution in [-0.4, -0.2) is 0 Å². The van der Waals surface area contributed by atoms with E-state index in [-0.39, 0.29) is 0 Å². The van der Waals surface area contributed by atoms with Crippen molar-refractivity contribution in [2.24, 2.45) is 5.41 Å². The van der Waals surface area contributed by atoms with E-state index in [1.165, 1.54) is 19.3 Å². The molecule has 0 spiro atoms. The van der Waals surface area contributed by atoms with Gasteiger partial charge in [-0.05, 0) is 19.8 Å². The molecule has 0 aromatic carbocycles. The maximum Gasteiger partial charge on any atom is 0.0284 e. The van der Waals surface area contributed by atoms with Crippen molar-refractivity contribution in [2.75, 3.05) is 0 Å². The SMILES string of the molecule is C#CC1(C)CCC1. The molecule has 0 bridgehead atoms. The highest BCUT2D eigenvalue weighted by molar-refractivity contribution is 5.07. The highest BCUT2D eigenvalue weighted by atomic mass is 14.3. The van der Waals surface area contributed by atoms with E-state index in [4.69, 9.17) is 6.42 Å². The van der Waals surface area contributed by atoms with E-state index in [1.807, 2.05) is 0 Å². The Morgan fingerprint density at radius 3 is 2.14 bits per heavy atom. The van der Waals surface area contributed by atoms with Crippen molar-refractivity contribution in [3.63, 3.8) is 0 Å². The largest absolute Gasteiger partial charge is 0.120 e. The van der Waals surface area contributed by atoms with Crippen molar-refractivity contribution in [1.29, 1.82) is 0 Å². The molecule has 1 rings (SSSR count). The molecule has 38 valence electrons. The molecule has 1 aliphatic carbocycles. The van der Waals surface area contributed by atoms with Gasteiger partial charge in [0.2, 0.25) is 0 Å². The third-order valence-electron chi connectivity index (χ3n) is 1.81. The molecule has 0 amide bonds. The predicted octanol–water partition coefficient (Wildman–Crippen LogP) is 1.81. The van der Waals surface area contributed by atoms with Gasteiger partial charge in [0.05, 0.1) is 0 Å². The lowest BCUT2D eigenvalue weighted by molar-refractivity contribution is 0.249. The van der Waals surface area contributed by atoms with Gasteiger partial charge in [-0.3, -0.25) is 0 Å². The average Bonchev–Trinajstić information content (AvgIpc) is 1.61. The highest BCUT2D eigenvalue weighted by Crippen LogP contribution is 2.38. The smallest absolute Gasteiger partial charge is 0.0284 e. The summed E-state index contributed by atoms with van der Waals surface area (Å²) >= 11 is 0. The van der Waals surface area contributed by atoms with E-state index in [0.717, 1.165) is 0 Å². The van der Waals surface area contributed by atoms with Crippen LogP contribution >= 0.6 is 0 Å². The molecule has 7 heavy (non-hydrogen) atoms. The van der Waals surface area contributed by atoms with Crippen LogP contribution in [0.1, 0.15) is 26.2 Å². The van der Waals surface area contributed by atoms with Crippen molar-refractivity contribution in [3.8, 4) is 12.3 Å². The molecule has 1 fully saturated rings. The molecule has 1 saturated carbocycles. The van der Waals surface area contributed by atoms with Crippen LogP contribution in [0.5, 0.6) is 0 Å². The van der Waals surface area contributed by atoms with Gasteiger partial charge in [-0.25, -0.2) is 0 Å². The molecule has 0 radical (unpaired) electrons. The molecule has 0 atom stereocenters. The number of rotatable bonds is 0. The first-order chi connectivity index (χ1) is 3.27. The second kappa shape index (κ2) is 1.26. The Morgan fingerprint density at radius 1 is 1.57 bits per heavy atom. The molecule has 0 aromatic heterocycles. The van der Waals surface area contributed by atoms with Gasteiger partial charge in [-0.15, -0.1) is 12.3 Å². The van der Waals surface area contributed by atoms with Crippen LogP contribution in [0.2, 0.25) is 0 Å². The van der Waals surface area contributed by atoms with Crippen LogP contribution < -0.4 is 0 Å². The van der Waals surface area contributed by atoms with Crippen molar-refractivity contribution < 1.29 is 0 Å². The topological polar surface area (TPSA) is 0 Å². The Hall–Kier alpha value is -0.440. The van der Waals surface area contributed by atoms with E-state index >= 15 is 0 Å². The third-order valence-corrected chi connectivity index (χ3v) is 1.81. The molecule has 0 heterocycles. The molecule has 0 aliphatic heterocycles. The Morgan fingerprint density at radius 2 is 2.14 bits per heavy atom. The first kappa shape index (κ1) is 4.71. The van der Waals surface area contributed by atoms with Gasteiger partial charge in [0, 0.05) is 5.41 Å². The normalized spacial score (nSPS) is 25.1. The Kier molecular flexibility index (Phi) is 0.852. The molecule has 0 unspecified atom stereocenters. The van der Waals surface area contributed by atoms with Crippen molar-refractivity contribution in [1.82, 2.24) is 0 Å². The first-order valence-electron chi connectivity index (χ1n) is 2.75. The maximum atomic E-state index is 5.22. The number of terminal acetylenes is 1. The van der Waals surface area contributed by atoms with Gasteiger partial charge in [0.15, 0.2) is 0 Å². The first-order valence-corrected chi connectivity index (χ1v) is 2.75. The zero-order valence-electron chi connectivity index (χ0n) is 4.70. The van der Waals surface area contributed by atoms with E-state index in [1.54, 1.807) is 0 Å². The average molecular weight is 94.2 g/mol. The van der Waals surface area contributed by atoms with Gasteiger partial charge in [-0.1, -0.05) is 6.42 Å². The van der Waals surface area contributed by atoms with E-state index < -0.39 is 0 Å². The van der Waals surface area contributed by atoms with Gasteiger partial charge >= 0.3 is 0 Å². The Labute approximate surface area is 44.9 Å². The van der Waals surface area contributed by atoms with Crippen LogP contribution in [0.3, 0.4) is 0 Å². The zero-order valence-corrected chi connectivity index (χ0v) is 4.70.